The number of nitriles is 1. The van der Waals surface area contributed by atoms with Crippen molar-refractivity contribution in [3.05, 3.63) is 34.3 Å². The molecule has 1 rings (SSSR count). The van der Waals surface area contributed by atoms with Gasteiger partial charge >= 0.3 is 0 Å². The van der Waals surface area contributed by atoms with E-state index >= 15 is 0 Å². The molecule has 0 aliphatic carbocycles. The van der Waals surface area contributed by atoms with Crippen molar-refractivity contribution < 1.29 is 4.79 Å². The minimum Gasteiger partial charge on any atom is -0.353 e. The van der Waals surface area contributed by atoms with Gasteiger partial charge in [-0.15, -0.1) is 11.8 Å². The summed E-state index contributed by atoms with van der Waals surface area (Å²) in [6.45, 7) is 2.01. The average Bonchev–Trinajstić information content (AvgIpc) is 2.38. The number of rotatable bonds is 7. The monoisotopic (exact) mass is 340 g/mol. The smallest absolute Gasteiger partial charge is 0.230 e. The van der Waals surface area contributed by atoms with Crippen molar-refractivity contribution in [2.24, 2.45) is 0 Å². The van der Waals surface area contributed by atoms with Crippen LogP contribution in [0, 0.1) is 11.3 Å². The topological polar surface area (TPSA) is 52.9 Å². The molecule has 0 radical (unpaired) electrons. The summed E-state index contributed by atoms with van der Waals surface area (Å²) in [5, 5.41) is 11.3. The number of carbonyl (C=O) groups excluding carboxylic acids is 1. The first-order chi connectivity index (χ1) is 9.11. The first-order valence-electron chi connectivity index (χ1n) is 6.10. The Labute approximate surface area is 126 Å². The second-order valence-electron chi connectivity index (χ2n) is 4.28. The van der Waals surface area contributed by atoms with E-state index < -0.39 is 0 Å². The molecule has 3 nitrogen and oxygen atoms in total. The van der Waals surface area contributed by atoms with Gasteiger partial charge in [-0.25, -0.2) is 0 Å². The average molecular weight is 341 g/mol. The molecule has 1 atom stereocenters. The minimum atomic E-state index is 0.00329. The summed E-state index contributed by atoms with van der Waals surface area (Å²) >= 11 is 4.75. The molecule has 0 aromatic heterocycles. The van der Waals surface area contributed by atoms with E-state index in [9.17, 15) is 4.79 Å². The van der Waals surface area contributed by atoms with Crippen molar-refractivity contribution in [2.45, 2.75) is 25.8 Å². The van der Waals surface area contributed by atoms with Crippen molar-refractivity contribution in [1.29, 1.82) is 5.26 Å². The Morgan fingerprint density at radius 2 is 2.16 bits per heavy atom. The summed E-state index contributed by atoms with van der Waals surface area (Å²) in [6, 6.07) is 10.4. The number of hydrogen-bond acceptors (Lipinski definition) is 3. The Morgan fingerprint density at radius 1 is 1.47 bits per heavy atom. The molecule has 102 valence electrons. The molecule has 0 unspecified atom stereocenters. The van der Waals surface area contributed by atoms with Gasteiger partial charge in [0.2, 0.25) is 5.91 Å². The van der Waals surface area contributed by atoms with E-state index in [1.165, 1.54) is 17.3 Å². The van der Waals surface area contributed by atoms with Crippen LogP contribution in [0.25, 0.3) is 0 Å². The third-order valence-corrected chi connectivity index (χ3v) is 3.91. The van der Waals surface area contributed by atoms with Gasteiger partial charge in [0.25, 0.3) is 0 Å². The summed E-state index contributed by atoms with van der Waals surface area (Å²) in [4.78, 5) is 11.5. The Hall–Kier alpha value is -0.990. The molecular weight excluding hydrogens is 324 g/mol. The maximum Gasteiger partial charge on any atom is 0.230 e. The van der Waals surface area contributed by atoms with E-state index in [-0.39, 0.29) is 11.9 Å². The highest BCUT2D eigenvalue weighted by atomic mass is 79.9. The fourth-order valence-electron chi connectivity index (χ4n) is 1.61. The van der Waals surface area contributed by atoms with Gasteiger partial charge in [-0.05, 0) is 37.5 Å². The normalized spacial score (nSPS) is 11.6. The van der Waals surface area contributed by atoms with Gasteiger partial charge in [-0.3, -0.25) is 4.79 Å². The third-order valence-electron chi connectivity index (χ3n) is 2.59. The molecule has 0 aliphatic rings. The Bertz CT molecular complexity index is 442. The van der Waals surface area contributed by atoms with Crippen molar-refractivity contribution in [2.75, 3.05) is 11.5 Å². The molecule has 1 aromatic carbocycles. The molecule has 19 heavy (non-hydrogen) atoms. The third kappa shape index (κ3) is 7.24. The largest absolute Gasteiger partial charge is 0.353 e. The molecule has 1 N–H and O–H groups in total. The number of aryl methyl sites for hydroxylation is 1. The lowest BCUT2D eigenvalue weighted by Gasteiger charge is -2.13. The fraction of sp³-hybridized carbons (Fsp3) is 0.429. The van der Waals surface area contributed by atoms with E-state index in [1.807, 2.05) is 25.1 Å². The molecule has 0 fully saturated rings. The van der Waals surface area contributed by atoms with Crippen LogP contribution in [0.2, 0.25) is 0 Å². The van der Waals surface area contributed by atoms with Gasteiger partial charge in [-0.1, -0.05) is 28.1 Å². The Kier molecular flexibility index (Phi) is 7.61. The highest BCUT2D eigenvalue weighted by Crippen LogP contribution is 2.12. The molecule has 0 aliphatic heterocycles. The predicted octanol–water partition coefficient (Wildman–Crippen LogP) is 3.14. The molecule has 5 heteroatoms. The zero-order chi connectivity index (χ0) is 14.1. The van der Waals surface area contributed by atoms with Crippen molar-refractivity contribution in [3.8, 4) is 6.07 Å². The number of amides is 1. The Balaban J connectivity index is 2.24. The summed E-state index contributed by atoms with van der Waals surface area (Å²) < 4.78 is 1.08. The van der Waals surface area contributed by atoms with Crippen LogP contribution in [0.3, 0.4) is 0 Å². The highest BCUT2D eigenvalue weighted by molar-refractivity contribution is 9.10. The van der Waals surface area contributed by atoms with Crippen molar-refractivity contribution in [3.63, 3.8) is 0 Å². The molecule has 1 aromatic rings. The van der Waals surface area contributed by atoms with Crippen LogP contribution in [0.4, 0.5) is 0 Å². The van der Waals surface area contributed by atoms with E-state index in [0.29, 0.717) is 11.5 Å². The van der Waals surface area contributed by atoms with E-state index in [1.54, 1.807) is 0 Å². The van der Waals surface area contributed by atoms with Gasteiger partial charge in [-0.2, -0.15) is 5.26 Å². The fourth-order valence-corrected chi connectivity index (χ4v) is 2.34. The summed E-state index contributed by atoms with van der Waals surface area (Å²) in [5.74, 6) is 0.722. The number of thioether (sulfide) groups is 1. The van der Waals surface area contributed by atoms with E-state index in [4.69, 9.17) is 5.26 Å². The van der Waals surface area contributed by atoms with Gasteiger partial charge in [0.15, 0.2) is 0 Å². The second kappa shape index (κ2) is 9.00. The summed E-state index contributed by atoms with van der Waals surface area (Å²) in [5.41, 5.74) is 1.27. The summed E-state index contributed by atoms with van der Waals surface area (Å²) in [7, 11) is 0. The van der Waals surface area contributed by atoms with E-state index in [2.05, 4.69) is 33.4 Å². The predicted molar refractivity (Wildman–Crippen MR) is 83.0 cm³/mol. The molecule has 0 spiro atoms. The zero-order valence-corrected chi connectivity index (χ0v) is 13.3. The number of nitrogens with one attached hydrogen (secondary N) is 1. The van der Waals surface area contributed by atoms with Gasteiger partial charge in [0, 0.05) is 10.5 Å². The maximum absolute atomic E-state index is 11.5. The Morgan fingerprint density at radius 3 is 2.79 bits per heavy atom. The van der Waals surface area contributed by atoms with Gasteiger partial charge in [0.1, 0.15) is 0 Å². The van der Waals surface area contributed by atoms with Crippen LogP contribution >= 0.6 is 27.7 Å². The quantitative estimate of drug-likeness (QED) is 0.775. The summed E-state index contributed by atoms with van der Waals surface area (Å²) in [6.07, 6.45) is 1.86. The maximum atomic E-state index is 11.5. The second-order valence-corrected chi connectivity index (χ2v) is 6.19. The van der Waals surface area contributed by atoms with Gasteiger partial charge < -0.3 is 5.32 Å². The van der Waals surface area contributed by atoms with Crippen LogP contribution in [0.1, 0.15) is 18.9 Å². The van der Waals surface area contributed by atoms with Crippen LogP contribution in [-0.2, 0) is 11.2 Å². The lowest BCUT2D eigenvalue weighted by atomic mass is 10.1. The van der Waals surface area contributed by atoms with Crippen LogP contribution in [-0.4, -0.2) is 23.5 Å². The SMILES string of the molecule is C[C@@H](CCc1ccc(Br)cc1)NC(=O)CSCC#N. The number of nitrogens with zero attached hydrogens (tertiary/aromatic N) is 1. The molecule has 0 heterocycles. The highest BCUT2D eigenvalue weighted by Gasteiger charge is 2.07. The molecule has 0 saturated carbocycles. The molecule has 0 bridgehead atoms. The zero-order valence-electron chi connectivity index (χ0n) is 10.9. The van der Waals surface area contributed by atoms with Crippen LogP contribution < -0.4 is 5.32 Å². The molecule has 1 amide bonds. The number of hydrogen-bond donors (Lipinski definition) is 1. The molecular formula is C14H17BrN2OS. The first kappa shape index (κ1) is 16.1. The minimum absolute atomic E-state index is 0.00329. The van der Waals surface area contributed by atoms with Gasteiger partial charge in [0.05, 0.1) is 17.6 Å². The van der Waals surface area contributed by atoms with Crippen LogP contribution in [0.5, 0.6) is 0 Å². The number of halogens is 1. The van der Waals surface area contributed by atoms with Crippen molar-refractivity contribution in [1.82, 2.24) is 5.32 Å². The standard InChI is InChI=1S/C14H17BrN2OS/c1-11(17-14(18)10-19-9-8-16)2-3-12-4-6-13(15)7-5-12/h4-7,11H,2-3,9-10H2,1H3,(H,17,18)/t11-/m0/s1. The number of benzene rings is 1. The lowest BCUT2D eigenvalue weighted by molar-refractivity contribution is -0.119. The van der Waals surface area contributed by atoms with E-state index in [0.717, 1.165) is 17.3 Å². The van der Waals surface area contributed by atoms with Crippen molar-refractivity contribution >= 4 is 33.6 Å². The van der Waals surface area contributed by atoms with Crippen LogP contribution in [0.15, 0.2) is 28.7 Å². The lowest BCUT2D eigenvalue weighted by Crippen LogP contribution is -2.34. The number of carbonyl (C=O) groups is 1. The first-order valence-corrected chi connectivity index (χ1v) is 8.05. The molecule has 0 saturated heterocycles.